The number of rotatable bonds is 7. The van der Waals surface area contributed by atoms with Crippen LogP contribution in [0.5, 0.6) is 5.75 Å². The SMILES string of the molecule is CCOC1=CN(C(=O)O)C([C@@H](C)c2cccc(C)c2C)N1Cc1ccccc1OC. The van der Waals surface area contributed by atoms with E-state index < -0.39 is 12.3 Å². The molecule has 0 saturated heterocycles. The van der Waals surface area contributed by atoms with Crippen molar-refractivity contribution in [3.05, 3.63) is 76.8 Å². The number of nitrogens with zero attached hydrogens (tertiary/aromatic N) is 2. The molecule has 0 aromatic heterocycles. The van der Waals surface area contributed by atoms with Crippen molar-refractivity contribution in [2.75, 3.05) is 13.7 Å². The summed E-state index contributed by atoms with van der Waals surface area (Å²) in [5.41, 5.74) is 4.46. The second-order valence-corrected chi connectivity index (χ2v) is 7.52. The van der Waals surface area contributed by atoms with Gasteiger partial charge in [0.15, 0.2) is 0 Å². The molecule has 6 heteroatoms. The Balaban J connectivity index is 2.05. The molecule has 2 aromatic rings. The summed E-state index contributed by atoms with van der Waals surface area (Å²) in [6.45, 7) is 9.05. The van der Waals surface area contributed by atoms with Crippen molar-refractivity contribution in [1.29, 1.82) is 0 Å². The number of hydrogen-bond donors (Lipinski definition) is 1. The molecule has 1 unspecified atom stereocenters. The fourth-order valence-corrected chi connectivity index (χ4v) is 4.11. The van der Waals surface area contributed by atoms with Crippen molar-refractivity contribution in [1.82, 2.24) is 9.80 Å². The monoisotopic (exact) mass is 410 g/mol. The molecule has 3 rings (SSSR count). The zero-order valence-corrected chi connectivity index (χ0v) is 18.3. The first-order chi connectivity index (χ1) is 14.4. The zero-order chi connectivity index (χ0) is 21.8. The van der Waals surface area contributed by atoms with Gasteiger partial charge in [0.25, 0.3) is 0 Å². The van der Waals surface area contributed by atoms with Crippen LogP contribution in [0.15, 0.2) is 54.5 Å². The van der Waals surface area contributed by atoms with E-state index in [1.807, 2.05) is 42.2 Å². The minimum Gasteiger partial charge on any atom is -0.496 e. The number of ether oxygens (including phenoxy) is 2. The molecule has 30 heavy (non-hydrogen) atoms. The summed E-state index contributed by atoms with van der Waals surface area (Å²) >= 11 is 0. The average Bonchev–Trinajstić information content (AvgIpc) is 3.08. The molecular weight excluding hydrogens is 380 g/mol. The van der Waals surface area contributed by atoms with Gasteiger partial charge in [0.1, 0.15) is 11.9 Å². The molecule has 1 aliphatic rings. The first-order valence-corrected chi connectivity index (χ1v) is 10.2. The molecule has 0 fully saturated rings. The van der Waals surface area contributed by atoms with Gasteiger partial charge in [-0.2, -0.15) is 0 Å². The van der Waals surface area contributed by atoms with Crippen LogP contribution in [-0.2, 0) is 11.3 Å². The van der Waals surface area contributed by atoms with E-state index in [1.165, 1.54) is 16.0 Å². The second-order valence-electron chi connectivity index (χ2n) is 7.52. The van der Waals surface area contributed by atoms with Gasteiger partial charge < -0.3 is 19.5 Å². The number of hydrogen-bond acceptors (Lipinski definition) is 4. The van der Waals surface area contributed by atoms with Crippen molar-refractivity contribution in [2.45, 2.75) is 46.3 Å². The third-order valence-corrected chi connectivity index (χ3v) is 5.77. The Morgan fingerprint density at radius 3 is 2.57 bits per heavy atom. The fourth-order valence-electron chi connectivity index (χ4n) is 4.11. The molecule has 0 saturated carbocycles. The molecule has 0 bridgehead atoms. The van der Waals surface area contributed by atoms with E-state index in [1.54, 1.807) is 13.3 Å². The van der Waals surface area contributed by atoms with E-state index in [0.717, 1.165) is 16.9 Å². The van der Waals surface area contributed by atoms with E-state index in [-0.39, 0.29) is 5.92 Å². The van der Waals surface area contributed by atoms with Gasteiger partial charge >= 0.3 is 6.09 Å². The first-order valence-electron chi connectivity index (χ1n) is 10.2. The van der Waals surface area contributed by atoms with Crippen molar-refractivity contribution in [3.63, 3.8) is 0 Å². The normalized spacial score (nSPS) is 17.0. The van der Waals surface area contributed by atoms with Gasteiger partial charge in [0, 0.05) is 11.5 Å². The van der Waals surface area contributed by atoms with Crippen LogP contribution in [0.4, 0.5) is 4.79 Å². The van der Waals surface area contributed by atoms with E-state index in [9.17, 15) is 9.90 Å². The van der Waals surface area contributed by atoms with Gasteiger partial charge in [0.05, 0.1) is 26.5 Å². The Hall–Kier alpha value is -3.15. The lowest BCUT2D eigenvalue weighted by Crippen LogP contribution is -2.45. The Bertz CT molecular complexity index is 941. The molecule has 160 valence electrons. The second kappa shape index (κ2) is 9.11. The van der Waals surface area contributed by atoms with Crippen molar-refractivity contribution < 1.29 is 19.4 Å². The Morgan fingerprint density at radius 1 is 1.17 bits per heavy atom. The van der Waals surface area contributed by atoms with E-state index in [2.05, 4.69) is 32.9 Å². The van der Waals surface area contributed by atoms with Gasteiger partial charge in [-0.3, -0.25) is 4.90 Å². The van der Waals surface area contributed by atoms with E-state index >= 15 is 0 Å². The molecule has 1 N–H and O–H groups in total. The summed E-state index contributed by atoms with van der Waals surface area (Å²) in [5, 5.41) is 9.95. The molecule has 0 radical (unpaired) electrons. The third-order valence-electron chi connectivity index (χ3n) is 5.77. The number of benzene rings is 2. The summed E-state index contributed by atoms with van der Waals surface area (Å²) < 4.78 is 11.4. The highest BCUT2D eigenvalue weighted by Gasteiger charge is 2.41. The highest BCUT2D eigenvalue weighted by atomic mass is 16.5. The molecule has 1 heterocycles. The maximum Gasteiger partial charge on any atom is 0.413 e. The summed E-state index contributed by atoms with van der Waals surface area (Å²) in [4.78, 5) is 15.5. The average molecular weight is 411 g/mol. The lowest BCUT2D eigenvalue weighted by Gasteiger charge is -2.36. The van der Waals surface area contributed by atoms with E-state index in [4.69, 9.17) is 9.47 Å². The minimum absolute atomic E-state index is 0.0788. The van der Waals surface area contributed by atoms with Gasteiger partial charge in [-0.15, -0.1) is 0 Å². The Labute approximate surface area is 178 Å². The number of carbonyl (C=O) groups is 1. The first kappa shape index (κ1) is 21.6. The summed E-state index contributed by atoms with van der Waals surface area (Å²) in [7, 11) is 1.64. The molecule has 0 spiro atoms. The third kappa shape index (κ3) is 4.08. The van der Waals surface area contributed by atoms with Crippen LogP contribution in [0.25, 0.3) is 0 Å². The molecule has 2 aromatic carbocycles. The van der Waals surface area contributed by atoms with Gasteiger partial charge in [-0.05, 0) is 43.5 Å². The van der Waals surface area contributed by atoms with Crippen LogP contribution in [0, 0.1) is 13.8 Å². The molecule has 0 aliphatic carbocycles. The fraction of sp³-hybridized carbons (Fsp3) is 0.375. The number of aryl methyl sites for hydroxylation is 1. The van der Waals surface area contributed by atoms with Gasteiger partial charge in [-0.1, -0.05) is 43.3 Å². The molecule has 1 aliphatic heterocycles. The molecule has 2 atom stereocenters. The number of methoxy groups -OCH3 is 1. The molecular formula is C24H30N2O4. The van der Waals surface area contributed by atoms with Crippen molar-refractivity contribution >= 4 is 6.09 Å². The lowest BCUT2D eigenvalue weighted by molar-refractivity contribution is 0.0548. The Morgan fingerprint density at radius 2 is 1.90 bits per heavy atom. The zero-order valence-electron chi connectivity index (χ0n) is 18.3. The number of carboxylic acid groups (broad SMARTS) is 1. The largest absolute Gasteiger partial charge is 0.496 e. The van der Waals surface area contributed by atoms with Crippen LogP contribution in [0.1, 0.15) is 42.0 Å². The van der Waals surface area contributed by atoms with Crippen molar-refractivity contribution in [3.8, 4) is 5.75 Å². The Kier molecular flexibility index (Phi) is 6.55. The lowest BCUT2D eigenvalue weighted by atomic mass is 9.90. The van der Waals surface area contributed by atoms with Crippen molar-refractivity contribution in [2.24, 2.45) is 0 Å². The predicted molar refractivity (Wildman–Crippen MR) is 116 cm³/mol. The van der Waals surface area contributed by atoms with Crippen LogP contribution in [-0.4, -0.2) is 40.9 Å². The molecule has 6 nitrogen and oxygen atoms in total. The van der Waals surface area contributed by atoms with Crippen LogP contribution in [0.2, 0.25) is 0 Å². The smallest absolute Gasteiger partial charge is 0.413 e. The number of para-hydroxylation sites is 1. The summed E-state index contributed by atoms with van der Waals surface area (Å²) in [6.07, 6.45) is 0.152. The highest BCUT2D eigenvalue weighted by molar-refractivity contribution is 5.68. The number of amides is 1. The standard InChI is InChI=1S/C24H30N2O4/c1-6-30-22-15-26(24(27)28)23(18(4)20-12-9-10-16(2)17(20)3)25(22)14-19-11-7-8-13-21(19)29-5/h7-13,15,18,23H,6,14H2,1-5H3,(H,27,28)/t18-,23?/m0/s1. The maximum atomic E-state index is 12.1. The maximum absolute atomic E-state index is 12.1. The highest BCUT2D eigenvalue weighted by Crippen LogP contribution is 2.37. The van der Waals surface area contributed by atoms with Crippen LogP contribution < -0.4 is 4.74 Å². The quantitative estimate of drug-likeness (QED) is 0.690. The minimum atomic E-state index is -1.00. The van der Waals surface area contributed by atoms with Crippen LogP contribution >= 0.6 is 0 Å². The molecule has 1 amide bonds. The summed E-state index contributed by atoms with van der Waals surface area (Å²) in [5.74, 6) is 1.23. The summed E-state index contributed by atoms with van der Waals surface area (Å²) in [6, 6.07) is 14.0. The van der Waals surface area contributed by atoms with Gasteiger partial charge in [0.2, 0.25) is 5.88 Å². The van der Waals surface area contributed by atoms with Crippen LogP contribution in [0.3, 0.4) is 0 Å². The van der Waals surface area contributed by atoms with E-state index in [0.29, 0.717) is 19.0 Å². The predicted octanol–water partition coefficient (Wildman–Crippen LogP) is 5.07. The topological polar surface area (TPSA) is 62.2 Å². The van der Waals surface area contributed by atoms with Gasteiger partial charge in [-0.25, -0.2) is 4.79 Å².